The second-order valence-corrected chi connectivity index (χ2v) is 4.00. The lowest BCUT2D eigenvalue weighted by Gasteiger charge is -2.03. The monoisotopic (exact) mass is 268 g/mol. The van der Waals surface area contributed by atoms with Crippen molar-refractivity contribution < 1.29 is 9.45 Å². The number of nitrogens with zero attached hydrogens (tertiary/aromatic N) is 3. The lowest BCUT2D eigenvalue weighted by Crippen LogP contribution is -2.04. The number of pyridine rings is 1. The molecule has 0 aliphatic rings. The highest BCUT2D eigenvalue weighted by molar-refractivity contribution is 6.30. The van der Waals surface area contributed by atoms with Gasteiger partial charge in [0.2, 0.25) is 5.82 Å². The summed E-state index contributed by atoms with van der Waals surface area (Å²) in [5.41, 5.74) is 0.559. The summed E-state index contributed by atoms with van der Waals surface area (Å²) in [6, 6.07) is 2.97. The van der Waals surface area contributed by atoms with Crippen molar-refractivity contribution in [2.75, 3.05) is 5.32 Å². The Kier molecular flexibility index (Phi) is 3.42. The molecule has 2 aromatic rings. The minimum absolute atomic E-state index is 0.137. The maximum atomic E-state index is 10.8. The molecule has 8 heteroatoms. The van der Waals surface area contributed by atoms with Crippen molar-refractivity contribution in [2.24, 2.45) is 0 Å². The van der Waals surface area contributed by atoms with Crippen LogP contribution in [0.2, 0.25) is 5.02 Å². The fraction of sp³-hybridized carbons (Fsp3) is 0.200. The summed E-state index contributed by atoms with van der Waals surface area (Å²) < 4.78 is 4.97. The highest BCUT2D eigenvalue weighted by Crippen LogP contribution is 2.25. The molecule has 18 heavy (non-hydrogen) atoms. The molecule has 2 heterocycles. The molecule has 0 radical (unpaired) electrons. The molecule has 0 aliphatic heterocycles. The van der Waals surface area contributed by atoms with Gasteiger partial charge in [0.1, 0.15) is 0 Å². The first-order valence-electron chi connectivity index (χ1n) is 5.02. The molecular formula is C10H9ClN4O3. The highest BCUT2D eigenvalue weighted by atomic mass is 35.5. The third kappa shape index (κ3) is 2.75. The molecule has 0 unspecified atom stereocenters. The van der Waals surface area contributed by atoms with E-state index in [4.69, 9.17) is 16.1 Å². The molecule has 0 atom stereocenters. The quantitative estimate of drug-likeness (QED) is 0.676. The van der Waals surface area contributed by atoms with Crippen LogP contribution in [0.1, 0.15) is 11.5 Å². The topological polar surface area (TPSA) is 94.1 Å². The molecule has 0 fully saturated rings. The Labute approximate surface area is 107 Å². The molecule has 0 aromatic carbocycles. The molecular weight excluding hydrogens is 260 g/mol. The molecule has 0 bridgehead atoms. The van der Waals surface area contributed by atoms with Crippen LogP contribution >= 0.6 is 11.6 Å². The molecule has 2 rings (SSSR count). The van der Waals surface area contributed by atoms with Crippen LogP contribution in [-0.4, -0.2) is 15.1 Å². The van der Waals surface area contributed by atoms with Crippen molar-refractivity contribution in [1.29, 1.82) is 0 Å². The first-order chi connectivity index (χ1) is 8.56. The number of aromatic nitrogens is 2. The van der Waals surface area contributed by atoms with Crippen molar-refractivity contribution in [2.45, 2.75) is 13.5 Å². The van der Waals surface area contributed by atoms with Crippen LogP contribution in [0.4, 0.5) is 11.5 Å². The number of nitrogens with one attached hydrogen (secondary N) is 1. The van der Waals surface area contributed by atoms with Crippen LogP contribution in [0.25, 0.3) is 0 Å². The molecule has 1 N–H and O–H groups in total. The van der Waals surface area contributed by atoms with Gasteiger partial charge >= 0.3 is 5.69 Å². The molecule has 0 spiro atoms. The van der Waals surface area contributed by atoms with Crippen LogP contribution in [0, 0.1) is 17.0 Å². The van der Waals surface area contributed by atoms with Gasteiger partial charge in [-0.2, -0.15) is 0 Å². The van der Waals surface area contributed by atoms with Crippen molar-refractivity contribution in [3.8, 4) is 0 Å². The van der Waals surface area contributed by atoms with Crippen molar-refractivity contribution >= 4 is 23.1 Å². The maximum absolute atomic E-state index is 10.8. The second kappa shape index (κ2) is 5.01. The van der Waals surface area contributed by atoms with Gasteiger partial charge in [0.25, 0.3) is 0 Å². The molecule has 0 saturated carbocycles. The van der Waals surface area contributed by atoms with E-state index in [0.717, 1.165) is 5.69 Å². The smallest absolute Gasteiger partial charge is 0.312 e. The van der Waals surface area contributed by atoms with Crippen molar-refractivity contribution in [1.82, 2.24) is 10.1 Å². The van der Waals surface area contributed by atoms with Gasteiger partial charge in [-0.3, -0.25) is 10.1 Å². The minimum atomic E-state index is -0.549. The maximum Gasteiger partial charge on any atom is 0.312 e. The Morgan fingerprint density at radius 3 is 2.94 bits per heavy atom. The van der Waals surface area contributed by atoms with Gasteiger partial charge in [-0.15, -0.1) is 0 Å². The zero-order chi connectivity index (χ0) is 13.1. The molecule has 7 nitrogen and oxygen atoms in total. The molecule has 0 amide bonds. The first kappa shape index (κ1) is 12.3. The summed E-state index contributed by atoms with van der Waals surface area (Å²) in [6.45, 7) is 2.05. The van der Waals surface area contributed by atoms with Crippen LogP contribution in [0.15, 0.2) is 22.9 Å². The van der Waals surface area contributed by atoms with E-state index in [-0.39, 0.29) is 23.1 Å². The average Bonchev–Trinajstić information content (AvgIpc) is 2.73. The summed E-state index contributed by atoms with van der Waals surface area (Å²) in [6.07, 6.45) is 1.34. The predicted molar refractivity (Wildman–Crippen MR) is 64.5 cm³/mol. The zero-order valence-electron chi connectivity index (χ0n) is 9.38. The Morgan fingerprint density at radius 2 is 2.33 bits per heavy atom. The number of nitro groups is 1. The fourth-order valence-electron chi connectivity index (χ4n) is 1.37. The first-order valence-corrected chi connectivity index (χ1v) is 5.40. The van der Waals surface area contributed by atoms with Gasteiger partial charge in [0, 0.05) is 18.3 Å². The third-order valence-electron chi connectivity index (χ3n) is 2.14. The molecule has 94 valence electrons. The number of anilines is 1. The number of hydrogen-bond donors (Lipinski definition) is 1. The van der Waals surface area contributed by atoms with Gasteiger partial charge in [-0.05, 0) is 6.92 Å². The van der Waals surface area contributed by atoms with E-state index in [0.29, 0.717) is 5.76 Å². The van der Waals surface area contributed by atoms with Crippen molar-refractivity contribution in [3.05, 3.63) is 44.9 Å². The lowest BCUT2D eigenvalue weighted by molar-refractivity contribution is -0.384. The van der Waals surface area contributed by atoms with Gasteiger partial charge in [0.15, 0.2) is 5.76 Å². The van der Waals surface area contributed by atoms with E-state index in [1.165, 1.54) is 12.3 Å². The number of aryl methyl sites for hydroxylation is 1. The Bertz CT molecular complexity index is 584. The molecule has 0 saturated heterocycles. The van der Waals surface area contributed by atoms with Crippen LogP contribution in [0.3, 0.4) is 0 Å². The van der Waals surface area contributed by atoms with Gasteiger partial charge in [0.05, 0.1) is 22.2 Å². The second-order valence-electron chi connectivity index (χ2n) is 3.57. The van der Waals surface area contributed by atoms with E-state index >= 15 is 0 Å². The standard InChI is InChI=1S/C10H9ClN4O3/c1-6-2-8(18-14-6)5-13-10-9(15(16)17)3-7(11)4-12-10/h2-4H,5H2,1H3,(H,12,13). The molecule has 2 aromatic heterocycles. The summed E-state index contributed by atoms with van der Waals surface area (Å²) in [5, 5.41) is 17.5. The van der Waals surface area contributed by atoms with E-state index in [2.05, 4.69) is 15.5 Å². The van der Waals surface area contributed by atoms with Crippen LogP contribution < -0.4 is 5.32 Å². The summed E-state index contributed by atoms with van der Waals surface area (Å²) in [5.74, 6) is 0.706. The normalized spacial score (nSPS) is 10.3. The SMILES string of the molecule is Cc1cc(CNc2ncc(Cl)cc2[N+](=O)[O-])on1. The lowest BCUT2D eigenvalue weighted by atomic mass is 10.3. The van der Waals surface area contributed by atoms with Crippen molar-refractivity contribution in [3.63, 3.8) is 0 Å². The van der Waals surface area contributed by atoms with Gasteiger partial charge < -0.3 is 9.84 Å². The number of rotatable bonds is 4. The van der Waals surface area contributed by atoms with Crippen LogP contribution in [0.5, 0.6) is 0 Å². The zero-order valence-corrected chi connectivity index (χ0v) is 10.1. The van der Waals surface area contributed by atoms with E-state index in [9.17, 15) is 10.1 Å². The van der Waals surface area contributed by atoms with E-state index in [1.807, 2.05) is 0 Å². The van der Waals surface area contributed by atoms with Gasteiger partial charge in [-0.25, -0.2) is 4.98 Å². The minimum Gasteiger partial charge on any atom is -0.359 e. The van der Waals surface area contributed by atoms with Gasteiger partial charge in [-0.1, -0.05) is 16.8 Å². The Morgan fingerprint density at radius 1 is 1.56 bits per heavy atom. The summed E-state index contributed by atoms with van der Waals surface area (Å²) in [4.78, 5) is 14.1. The molecule has 0 aliphatic carbocycles. The largest absolute Gasteiger partial charge is 0.359 e. The number of hydrogen-bond acceptors (Lipinski definition) is 6. The van der Waals surface area contributed by atoms with E-state index < -0.39 is 4.92 Å². The van der Waals surface area contributed by atoms with Crippen LogP contribution in [-0.2, 0) is 6.54 Å². The third-order valence-corrected chi connectivity index (χ3v) is 2.34. The Hall–Kier alpha value is -2.15. The summed E-state index contributed by atoms with van der Waals surface area (Å²) in [7, 11) is 0. The Balaban J connectivity index is 2.16. The highest BCUT2D eigenvalue weighted by Gasteiger charge is 2.16. The number of halogens is 1. The van der Waals surface area contributed by atoms with E-state index in [1.54, 1.807) is 13.0 Å². The summed E-state index contributed by atoms with van der Waals surface area (Å²) >= 11 is 5.66. The fourth-order valence-corrected chi connectivity index (χ4v) is 1.53. The average molecular weight is 269 g/mol. The predicted octanol–water partition coefficient (Wildman–Crippen LogP) is 2.55.